The van der Waals surface area contributed by atoms with E-state index in [2.05, 4.69) is 0 Å². The number of rotatable bonds is 9. The number of carbonyl (C=O) groups is 2. The number of ketones is 1. The summed E-state index contributed by atoms with van der Waals surface area (Å²) in [4.78, 5) is 23.3. The molecule has 17 heavy (non-hydrogen) atoms. The lowest BCUT2D eigenvalue weighted by molar-refractivity contribution is -0.150. The lowest BCUT2D eigenvalue weighted by Crippen LogP contribution is -2.40. The van der Waals surface area contributed by atoms with Crippen molar-refractivity contribution in [2.75, 3.05) is 13.2 Å². The molecule has 0 aliphatic carbocycles. The fourth-order valence-electron chi connectivity index (χ4n) is 1.88. The molecule has 0 radical (unpaired) electrons. The fourth-order valence-corrected chi connectivity index (χ4v) is 1.88. The van der Waals surface area contributed by atoms with Crippen LogP contribution in [0.15, 0.2) is 0 Å². The molecule has 0 aromatic heterocycles. The summed E-state index contributed by atoms with van der Waals surface area (Å²) in [7, 11) is 0. The molecule has 0 rings (SSSR count). The summed E-state index contributed by atoms with van der Waals surface area (Å²) in [6.07, 6.45) is 1.61. The van der Waals surface area contributed by atoms with Crippen molar-refractivity contribution in [1.82, 2.24) is 0 Å². The second-order valence-corrected chi connectivity index (χ2v) is 3.86. The van der Waals surface area contributed by atoms with Crippen molar-refractivity contribution >= 4 is 11.8 Å². The lowest BCUT2D eigenvalue weighted by Gasteiger charge is -2.29. The standard InChI is InChI=1S/C13H24O4/c1-5-13(6-2,17-8-4)11(14)9-10-12(15)16-7-3/h5-10H2,1-4H3. The Balaban J connectivity index is 4.38. The summed E-state index contributed by atoms with van der Waals surface area (Å²) in [6.45, 7) is 8.35. The SMILES string of the molecule is CCOC(=O)CCC(=O)C(CC)(CC)OCC. The quantitative estimate of drug-likeness (QED) is 0.585. The summed E-state index contributed by atoms with van der Waals surface area (Å²) >= 11 is 0. The van der Waals surface area contributed by atoms with E-state index in [0.29, 0.717) is 26.1 Å². The second-order valence-electron chi connectivity index (χ2n) is 3.86. The molecule has 0 spiro atoms. The maximum absolute atomic E-state index is 12.1. The molecule has 0 aromatic carbocycles. The van der Waals surface area contributed by atoms with Gasteiger partial charge in [-0.15, -0.1) is 0 Å². The van der Waals surface area contributed by atoms with Crippen LogP contribution in [0.4, 0.5) is 0 Å². The Morgan fingerprint density at radius 2 is 1.53 bits per heavy atom. The van der Waals surface area contributed by atoms with Gasteiger partial charge in [0.05, 0.1) is 13.0 Å². The van der Waals surface area contributed by atoms with E-state index in [4.69, 9.17) is 9.47 Å². The average molecular weight is 244 g/mol. The highest BCUT2D eigenvalue weighted by Crippen LogP contribution is 2.24. The zero-order chi connectivity index (χ0) is 13.3. The third-order valence-electron chi connectivity index (χ3n) is 2.93. The van der Waals surface area contributed by atoms with E-state index in [1.54, 1.807) is 6.92 Å². The van der Waals surface area contributed by atoms with E-state index < -0.39 is 5.60 Å². The number of hydrogen-bond acceptors (Lipinski definition) is 4. The van der Waals surface area contributed by atoms with Crippen LogP contribution in [-0.4, -0.2) is 30.6 Å². The molecule has 0 amide bonds. The second kappa shape index (κ2) is 8.23. The van der Waals surface area contributed by atoms with Crippen LogP contribution in [0.25, 0.3) is 0 Å². The molecule has 4 nitrogen and oxygen atoms in total. The third kappa shape index (κ3) is 4.86. The number of Topliss-reactive ketones (excluding diaryl/α,β-unsaturated/α-hetero) is 1. The van der Waals surface area contributed by atoms with E-state index in [1.807, 2.05) is 20.8 Å². The Bertz CT molecular complexity index is 244. The molecule has 100 valence electrons. The number of ether oxygens (including phenoxy) is 2. The molecule has 0 aliphatic rings. The lowest BCUT2D eigenvalue weighted by atomic mass is 9.89. The molecule has 0 aromatic rings. The van der Waals surface area contributed by atoms with Gasteiger partial charge < -0.3 is 9.47 Å². The van der Waals surface area contributed by atoms with Gasteiger partial charge in [-0.25, -0.2) is 0 Å². The van der Waals surface area contributed by atoms with E-state index in [9.17, 15) is 9.59 Å². The maximum Gasteiger partial charge on any atom is 0.306 e. The maximum atomic E-state index is 12.1. The smallest absolute Gasteiger partial charge is 0.306 e. The Kier molecular flexibility index (Phi) is 7.79. The molecule has 0 atom stereocenters. The number of hydrogen-bond donors (Lipinski definition) is 0. The Morgan fingerprint density at radius 3 is 1.94 bits per heavy atom. The van der Waals surface area contributed by atoms with E-state index in [0.717, 1.165) is 0 Å². The first-order valence-electron chi connectivity index (χ1n) is 6.39. The van der Waals surface area contributed by atoms with Crippen LogP contribution in [0.5, 0.6) is 0 Å². The van der Waals surface area contributed by atoms with Gasteiger partial charge in [-0.05, 0) is 26.7 Å². The number of esters is 1. The summed E-state index contributed by atoms with van der Waals surface area (Å²) in [5.74, 6) is -0.323. The molecule has 0 unspecified atom stereocenters. The zero-order valence-electron chi connectivity index (χ0n) is 11.4. The van der Waals surface area contributed by atoms with Gasteiger partial charge in [0.25, 0.3) is 0 Å². The summed E-state index contributed by atoms with van der Waals surface area (Å²) in [5.41, 5.74) is -0.721. The van der Waals surface area contributed by atoms with Gasteiger partial charge in [0, 0.05) is 13.0 Å². The fraction of sp³-hybridized carbons (Fsp3) is 0.846. The topological polar surface area (TPSA) is 52.6 Å². The first kappa shape index (κ1) is 16.1. The van der Waals surface area contributed by atoms with Crippen LogP contribution in [0.1, 0.15) is 53.4 Å². The summed E-state index contributed by atoms with van der Waals surface area (Å²) < 4.78 is 10.4. The van der Waals surface area contributed by atoms with Crippen molar-refractivity contribution in [2.24, 2.45) is 0 Å². The van der Waals surface area contributed by atoms with Crippen molar-refractivity contribution in [3.05, 3.63) is 0 Å². The highest BCUT2D eigenvalue weighted by molar-refractivity contribution is 5.89. The molecule has 0 N–H and O–H groups in total. The van der Waals surface area contributed by atoms with Crippen molar-refractivity contribution in [2.45, 2.75) is 59.0 Å². The van der Waals surface area contributed by atoms with Crippen LogP contribution in [-0.2, 0) is 19.1 Å². The highest BCUT2D eigenvalue weighted by atomic mass is 16.5. The molecule has 4 heteroatoms. The minimum atomic E-state index is -0.721. The predicted molar refractivity (Wildman–Crippen MR) is 65.8 cm³/mol. The van der Waals surface area contributed by atoms with Gasteiger partial charge in [0.1, 0.15) is 5.60 Å². The van der Waals surface area contributed by atoms with Crippen molar-refractivity contribution in [3.8, 4) is 0 Å². The minimum Gasteiger partial charge on any atom is -0.466 e. The van der Waals surface area contributed by atoms with Crippen molar-refractivity contribution < 1.29 is 19.1 Å². The Hall–Kier alpha value is -0.900. The monoisotopic (exact) mass is 244 g/mol. The molecule has 0 fully saturated rings. The van der Waals surface area contributed by atoms with E-state index >= 15 is 0 Å². The van der Waals surface area contributed by atoms with Gasteiger partial charge in [0.2, 0.25) is 0 Å². The van der Waals surface area contributed by atoms with Crippen LogP contribution < -0.4 is 0 Å². The Labute approximate surface area is 104 Å². The first-order chi connectivity index (χ1) is 8.06. The minimum absolute atomic E-state index is 0.00240. The summed E-state index contributed by atoms with van der Waals surface area (Å²) in [5, 5.41) is 0. The molecule has 0 saturated heterocycles. The van der Waals surface area contributed by atoms with Gasteiger partial charge >= 0.3 is 5.97 Å². The average Bonchev–Trinajstić information content (AvgIpc) is 2.33. The normalized spacial score (nSPS) is 11.3. The zero-order valence-corrected chi connectivity index (χ0v) is 11.4. The van der Waals surface area contributed by atoms with E-state index in [1.165, 1.54) is 0 Å². The molecule has 0 saturated carbocycles. The van der Waals surface area contributed by atoms with Crippen LogP contribution in [0.2, 0.25) is 0 Å². The van der Waals surface area contributed by atoms with Gasteiger partial charge in [0.15, 0.2) is 5.78 Å². The van der Waals surface area contributed by atoms with Gasteiger partial charge in [-0.1, -0.05) is 13.8 Å². The first-order valence-corrected chi connectivity index (χ1v) is 6.39. The molecule has 0 aliphatic heterocycles. The number of carbonyl (C=O) groups excluding carboxylic acids is 2. The third-order valence-corrected chi connectivity index (χ3v) is 2.93. The molecule has 0 heterocycles. The van der Waals surface area contributed by atoms with Crippen molar-refractivity contribution in [1.29, 1.82) is 0 Å². The molecular formula is C13H24O4. The summed E-state index contributed by atoms with van der Waals surface area (Å²) in [6, 6.07) is 0. The van der Waals surface area contributed by atoms with Crippen molar-refractivity contribution in [3.63, 3.8) is 0 Å². The molecular weight excluding hydrogens is 220 g/mol. The largest absolute Gasteiger partial charge is 0.466 e. The molecule has 0 bridgehead atoms. The Morgan fingerprint density at radius 1 is 0.941 bits per heavy atom. The predicted octanol–water partition coefficient (Wildman–Crippen LogP) is 2.49. The van der Waals surface area contributed by atoms with E-state index in [-0.39, 0.29) is 24.6 Å². The van der Waals surface area contributed by atoms with Crippen LogP contribution in [0, 0.1) is 0 Å². The highest BCUT2D eigenvalue weighted by Gasteiger charge is 2.34. The van der Waals surface area contributed by atoms with Gasteiger partial charge in [-0.3, -0.25) is 9.59 Å². The van der Waals surface area contributed by atoms with Crippen LogP contribution in [0.3, 0.4) is 0 Å². The van der Waals surface area contributed by atoms with Gasteiger partial charge in [-0.2, -0.15) is 0 Å². The van der Waals surface area contributed by atoms with Crippen LogP contribution >= 0.6 is 0 Å².